The third kappa shape index (κ3) is 1.43. The number of thiophene rings is 1. The van der Waals surface area contributed by atoms with E-state index in [9.17, 15) is 9.59 Å². The Bertz CT molecular complexity index is 472. The van der Waals surface area contributed by atoms with E-state index in [1.165, 1.54) is 11.3 Å². The Balaban J connectivity index is 1.84. The lowest BCUT2D eigenvalue weighted by molar-refractivity contribution is -0.149. The Morgan fingerprint density at radius 2 is 2.38 bits per heavy atom. The quantitative estimate of drug-likeness (QED) is 0.717. The molecule has 3 heterocycles. The molecule has 0 unspecified atom stereocenters. The molecule has 2 atom stereocenters. The van der Waals surface area contributed by atoms with Crippen LogP contribution in [-0.4, -0.2) is 35.5 Å². The number of nitrogens with zero attached hydrogens (tertiary/aromatic N) is 1. The number of carbonyl (C=O) groups excluding carboxylic acids is 2. The first-order valence-corrected chi connectivity index (χ1v) is 6.11. The molecule has 6 heteroatoms. The van der Waals surface area contributed by atoms with E-state index in [1.54, 1.807) is 17.0 Å². The Labute approximate surface area is 101 Å². The van der Waals surface area contributed by atoms with Crippen molar-refractivity contribution in [2.24, 2.45) is 0 Å². The maximum Gasteiger partial charge on any atom is 0.329 e. The van der Waals surface area contributed by atoms with Crippen molar-refractivity contribution in [2.75, 3.05) is 6.54 Å². The predicted molar refractivity (Wildman–Crippen MR) is 58.7 cm³/mol. The van der Waals surface area contributed by atoms with E-state index in [0.717, 1.165) is 0 Å². The van der Waals surface area contributed by atoms with Crippen LogP contribution in [0.4, 0.5) is 0 Å². The molecule has 1 aromatic heterocycles. The molecule has 1 amide bonds. The molecule has 0 aliphatic carbocycles. The summed E-state index contributed by atoms with van der Waals surface area (Å²) in [4.78, 5) is 25.6. The summed E-state index contributed by atoms with van der Waals surface area (Å²) in [6.07, 6.45) is 0.515. The van der Waals surface area contributed by atoms with Crippen molar-refractivity contribution in [3.8, 4) is 0 Å². The second-order valence-corrected chi connectivity index (χ2v) is 5.59. The summed E-state index contributed by atoms with van der Waals surface area (Å²) in [7, 11) is 0. The lowest BCUT2D eigenvalue weighted by Crippen LogP contribution is -2.44. The second-order valence-electron chi connectivity index (χ2n) is 3.87. The first-order chi connectivity index (χ1) is 7.65. The Morgan fingerprint density at radius 3 is 2.94 bits per heavy atom. The third-order valence-electron chi connectivity index (χ3n) is 2.86. The number of morpholine rings is 1. The summed E-state index contributed by atoms with van der Waals surface area (Å²) < 4.78 is 5.61. The summed E-state index contributed by atoms with van der Waals surface area (Å²) in [6.45, 7) is 0.505. The molecule has 3 rings (SSSR count). The number of halogens is 1. The van der Waals surface area contributed by atoms with E-state index in [-0.39, 0.29) is 18.0 Å². The highest BCUT2D eigenvalue weighted by molar-refractivity contribution is 7.17. The van der Waals surface area contributed by atoms with Gasteiger partial charge in [0, 0.05) is 6.42 Å². The van der Waals surface area contributed by atoms with Gasteiger partial charge in [0.1, 0.15) is 12.1 Å². The Kier molecular flexibility index (Phi) is 2.19. The van der Waals surface area contributed by atoms with Gasteiger partial charge in [-0.1, -0.05) is 11.6 Å². The largest absolute Gasteiger partial charge is 0.459 e. The fraction of sp³-hybridized carbons (Fsp3) is 0.400. The zero-order valence-electron chi connectivity index (χ0n) is 8.18. The highest BCUT2D eigenvalue weighted by atomic mass is 35.5. The SMILES string of the molecule is O=C1O[C@H]2C[C@H]1N(C(=O)c1ccc(Cl)s1)C2. The molecule has 2 aliphatic heterocycles. The Morgan fingerprint density at radius 1 is 1.56 bits per heavy atom. The molecule has 2 saturated heterocycles. The fourth-order valence-electron chi connectivity index (χ4n) is 2.14. The molecular weight excluding hydrogens is 250 g/mol. The average Bonchev–Trinajstić information content (AvgIpc) is 2.90. The van der Waals surface area contributed by atoms with Crippen molar-refractivity contribution in [3.05, 3.63) is 21.3 Å². The first-order valence-electron chi connectivity index (χ1n) is 4.92. The molecule has 2 bridgehead atoms. The fourth-order valence-corrected chi connectivity index (χ4v) is 3.14. The van der Waals surface area contributed by atoms with Crippen molar-refractivity contribution in [3.63, 3.8) is 0 Å². The highest BCUT2D eigenvalue weighted by Crippen LogP contribution is 2.32. The molecule has 0 N–H and O–H groups in total. The number of esters is 1. The lowest BCUT2D eigenvalue weighted by atomic mass is 10.2. The summed E-state index contributed by atoms with van der Waals surface area (Å²) in [5, 5.41) is 0. The van der Waals surface area contributed by atoms with Crippen LogP contribution in [0, 0.1) is 0 Å². The molecule has 0 saturated carbocycles. The monoisotopic (exact) mass is 257 g/mol. The number of amides is 1. The number of fused-ring (bicyclic) bond motifs is 2. The minimum Gasteiger partial charge on any atom is -0.459 e. The third-order valence-corrected chi connectivity index (χ3v) is 4.08. The van der Waals surface area contributed by atoms with E-state index in [4.69, 9.17) is 16.3 Å². The lowest BCUT2D eigenvalue weighted by Gasteiger charge is -2.25. The van der Waals surface area contributed by atoms with Crippen molar-refractivity contribution in [2.45, 2.75) is 18.6 Å². The average molecular weight is 258 g/mol. The number of likely N-dealkylation sites (tertiary alicyclic amines) is 1. The van der Waals surface area contributed by atoms with Gasteiger partial charge < -0.3 is 9.64 Å². The summed E-state index contributed by atoms with van der Waals surface area (Å²) >= 11 is 7.01. The van der Waals surface area contributed by atoms with Crippen molar-refractivity contribution < 1.29 is 14.3 Å². The van der Waals surface area contributed by atoms with Crippen molar-refractivity contribution in [1.29, 1.82) is 0 Å². The molecule has 0 spiro atoms. The van der Waals surface area contributed by atoms with Crippen LogP contribution in [0.15, 0.2) is 12.1 Å². The highest BCUT2D eigenvalue weighted by Gasteiger charge is 2.48. The maximum absolute atomic E-state index is 12.1. The van der Waals surface area contributed by atoms with Gasteiger partial charge in [-0.15, -0.1) is 11.3 Å². The topological polar surface area (TPSA) is 46.6 Å². The van der Waals surface area contributed by atoms with Crippen LogP contribution in [0.2, 0.25) is 4.34 Å². The van der Waals surface area contributed by atoms with Gasteiger partial charge in [0.15, 0.2) is 0 Å². The van der Waals surface area contributed by atoms with Crippen LogP contribution < -0.4 is 0 Å². The number of carbonyl (C=O) groups is 2. The smallest absolute Gasteiger partial charge is 0.329 e. The van der Waals surface area contributed by atoms with Crippen LogP contribution in [0.3, 0.4) is 0 Å². The van der Waals surface area contributed by atoms with E-state index in [1.807, 2.05) is 0 Å². The number of ether oxygens (including phenoxy) is 1. The van der Waals surface area contributed by atoms with Crippen LogP contribution in [0.25, 0.3) is 0 Å². The molecule has 0 radical (unpaired) electrons. The Hall–Kier alpha value is -1.07. The predicted octanol–water partition coefficient (Wildman–Crippen LogP) is 1.54. The minimum absolute atomic E-state index is 0.114. The molecule has 16 heavy (non-hydrogen) atoms. The van der Waals surface area contributed by atoms with E-state index in [0.29, 0.717) is 22.2 Å². The van der Waals surface area contributed by atoms with E-state index >= 15 is 0 Å². The minimum atomic E-state index is -0.390. The van der Waals surface area contributed by atoms with Crippen LogP contribution in [0.1, 0.15) is 16.1 Å². The van der Waals surface area contributed by atoms with Crippen LogP contribution in [0.5, 0.6) is 0 Å². The summed E-state index contributed by atoms with van der Waals surface area (Å²) in [5.41, 5.74) is 0. The van der Waals surface area contributed by atoms with Crippen LogP contribution in [-0.2, 0) is 9.53 Å². The summed E-state index contributed by atoms with van der Waals surface area (Å²) in [6, 6.07) is 2.98. The van der Waals surface area contributed by atoms with Gasteiger partial charge in [-0.3, -0.25) is 4.79 Å². The summed E-state index contributed by atoms with van der Waals surface area (Å²) in [5.74, 6) is -0.409. The second kappa shape index (κ2) is 3.46. The van der Waals surface area contributed by atoms with E-state index in [2.05, 4.69) is 0 Å². The van der Waals surface area contributed by atoms with Crippen molar-refractivity contribution >= 4 is 34.8 Å². The van der Waals surface area contributed by atoms with Gasteiger partial charge in [-0.25, -0.2) is 4.79 Å². The number of hydrogen-bond donors (Lipinski definition) is 0. The first kappa shape index (κ1) is 10.1. The molecule has 84 valence electrons. The molecule has 2 fully saturated rings. The zero-order valence-corrected chi connectivity index (χ0v) is 9.75. The van der Waals surface area contributed by atoms with Crippen LogP contribution >= 0.6 is 22.9 Å². The van der Waals surface area contributed by atoms with Gasteiger partial charge in [0.25, 0.3) is 5.91 Å². The van der Waals surface area contributed by atoms with Gasteiger partial charge in [0.05, 0.1) is 15.8 Å². The molecule has 0 aromatic carbocycles. The molecule has 2 aliphatic rings. The van der Waals surface area contributed by atoms with Gasteiger partial charge in [0.2, 0.25) is 0 Å². The zero-order chi connectivity index (χ0) is 11.3. The normalized spacial score (nSPS) is 27.3. The standard InChI is InChI=1S/C10H8ClNO3S/c11-8-2-1-7(16-8)9(13)12-4-5-3-6(12)10(14)15-5/h1-2,5-6H,3-4H2/t5-,6+/m0/s1. The van der Waals surface area contributed by atoms with Gasteiger partial charge in [-0.05, 0) is 12.1 Å². The molecule has 1 aromatic rings. The van der Waals surface area contributed by atoms with Gasteiger partial charge >= 0.3 is 5.97 Å². The van der Waals surface area contributed by atoms with E-state index < -0.39 is 6.04 Å². The molecular formula is C10H8ClNO3S. The number of rotatable bonds is 1. The molecule has 4 nitrogen and oxygen atoms in total. The van der Waals surface area contributed by atoms with Gasteiger partial charge in [-0.2, -0.15) is 0 Å². The maximum atomic E-state index is 12.1. The number of hydrogen-bond acceptors (Lipinski definition) is 4. The van der Waals surface area contributed by atoms with Crippen molar-refractivity contribution in [1.82, 2.24) is 4.90 Å².